The Bertz CT molecular complexity index is 1100. The molecule has 1 saturated heterocycles. The van der Waals surface area contributed by atoms with Crippen molar-refractivity contribution in [3.8, 4) is 0 Å². The number of piperidine rings is 1. The van der Waals surface area contributed by atoms with E-state index < -0.39 is 10.0 Å². The number of hydrogen-bond donors (Lipinski definition) is 1. The maximum atomic E-state index is 13.4. The number of carbonyl (C=O) groups is 2. The standard InChI is InChI=1S/C24H30N2O4S/c1-15-14-16(2)18(4)23(17(15)3)31(29,30)26-12-10-20(11-13-26)24(28)25-22-9-7-6-8-21(22)19(5)27/h6-9,14,20H,10-13H2,1-5H3,(H,25,28). The Balaban J connectivity index is 1.74. The zero-order valence-corrected chi connectivity index (χ0v) is 19.6. The molecule has 1 amide bonds. The van der Waals surface area contributed by atoms with Crippen LogP contribution in [0.4, 0.5) is 5.69 Å². The number of sulfonamides is 1. The van der Waals surface area contributed by atoms with Crippen molar-refractivity contribution in [2.45, 2.75) is 52.4 Å². The number of Topliss-reactive ketones (excluding diaryl/α,β-unsaturated/α-hetero) is 1. The first kappa shape index (κ1) is 23.2. The lowest BCUT2D eigenvalue weighted by Crippen LogP contribution is -2.42. The first-order valence-corrected chi connectivity index (χ1v) is 12.0. The van der Waals surface area contributed by atoms with Gasteiger partial charge in [-0.2, -0.15) is 4.31 Å². The normalized spacial score (nSPS) is 15.6. The first-order chi connectivity index (χ1) is 14.5. The molecule has 0 bridgehead atoms. The van der Waals surface area contributed by atoms with Crippen LogP contribution in [0.3, 0.4) is 0 Å². The van der Waals surface area contributed by atoms with E-state index in [9.17, 15) is 18.0 Å². The maximum absolute atomic E-state index is 13.4. The predicted octanol–water partition coefficient (Wildman–Crippen LogP) is 4.16. The fraction of sp³-hybridized carbons (Fsp3) is 0.417. The molecule has 0 atom stereocenters. The molecule has 2 aromatic carbocycles. The largest absolute Gasteiger partial charge is 0.325 e. The summed E-state index contributed by atoms with van der Waals surface area (Å²) in [6.45, 7) is 9.60. The van der Waals surface area contributed by atoms with Gasteiger partial charge in [-0.3, -0.25) is 9.59 Å². The van der Waals surface area contributed by atoms with Crippen LogP contribution in [0.15, 0.2) is 35.2 Å². The zero-order chi connectivity index (χ0) is 22.9. The van der Waals surface area contributed by atoms with Gasteiger partial charge in [0.15, 0.2) is 5.78 Å². The van der Waals surface area contributed by atoms with E-state index in [4.69, 9.17) is 0 Å². The van der Waals surface area contributed by atoms with Crippen LogP contribution in [-0.2, 0) is 14.8 Å². The molecule has 0 saturated carbocycles. The van der Waals surface area contributed by atoms with Crippen molar-refractivity contribution in [3.05, 3.63) is 58.1 Å². The van der Waals surface area contributed by atoms with Gasteiger partial charge in [-0.05, 0) is 81.8 Å². The summed E-state index contributed by atoms with van der Waals surface area (Å²) < 4.78 is 28.3. The molecular weight excluding hydrogens is 412 g/mol. The van der Waals surface area contributed by atoms with Crippen LogP contribution in [0, 0.1) is 33.6 Å². The van der Waals surface area contributed by atoms with Gasteiger partial charge in [0.1, 0.15) is 0 Å². The van der Waals surface area contributed by atoms with E-state index in [-0.39, 0.29) is 17.6 Å². The third kappa shape index (κ3) is 4.57. The average Bonchev–Trinajstić information content (AvgIpc) is 2.72. The van der Waals surface area contributed by atoms with Gasteiger partial charge in [-0.15, -0.1) is 0 Å². The molecule has 1 aliphatic heterocycles. The molecule has 0 radical (unpaired) electrons. The van der Waals surface area contributed by atoms with Gasteiger partial charge in [0.25, 0.3) is 0 Å². The number of rotatable bonds is 5. The maximum Gasteiger partial charge on any atom is 0.243 e. The average molecular weight is 443 g/mol. The predicted molar refractivity (Wildman–Crippen MR) is 122 cm³/mol. The Hall–Kier alpha value is -2.51. The van der Waals surface area contributed by atoms with Crippen LogP contribution in [0.25, 0.3) is 0 Å². The van der Waals surface area contributed by atoms with Crippen molar-refractivity contribution in [2.75, 3.05) is 18.4 Å². The molecule has 7 heteroatoms. The highest BCUT2D eigenvalue weighted by molar-refractivity contribution is 7.89. The summed E-state index contributed by atoms with van der Waals surface area (Å²) in [5.41, 5.74) is 4.45. The molecule has 0 aliphatic carbocycles. The summed E-state index contributed by atoms with van der Waals surface area (Å²) >= 11 is 0. The Morgan fingerprint density at radius 3 is 2.06 bits per heavy atom. The highest BCUT2D eigenvalue weighted by Gasteiger charge is 2.34. The number of nitrogens with one attached hydrogen (secondary N) is 1. The lowest BCUT2D eigenvalue weighted by molar-refractivity contribution is -0.120. The molecule has 1 N–H and O–H groups in total. The van der Waals surface area contributed by atoms with Crippen molar-refractivity contribution >= 4 is 27.4 Å². The molecule has 166 valence electrons. The number of carbonyl (C=O) groups excluding carboxylic acids is 2. The van der Waals surface area contributed by atoms with Crippen LogP contribution in [0.1, 0.15) is 52.4 Å². The van der Waals surface area contributed by atoms with Crippen LogP contribution in [0.5, 0.6) is 0 Å². The van der Waals surface area contributed by atoms with Gasteiger partial charge in [-0.1, -0.05) is 18.2 Å². The van der Waals surface area contributed by atoms with Crippen LogP contribution in [0.2, 0.25) is 0 Å². The van der Waals surface area contributed by atoms with E-state index in [2.05, 4.69) is 5.32 Å². The molecule has 0 unspecified atom stereocenters. The number of amides is 1. The Morgan fingerprint density at radius 2 is 1.52 bits per heavy atom. The molecule has 0 aromatic heterocycles. The van der Waals surface area contributed by atoms with Crippen molar-refractivity contribution in [1.82, 2.24) is 4.31 Å². The van der Waals surface area contributed by atoms with Gasteiger partial charge in [0, 0.05) is 24.6 Å². The number of nitrogens with zero attached hydrogens (tertiary/aromatic N) is 1. The second kappa shape index (κ2) is 8.93. The molecule has 0 spiro atoms. The molecule has 1 heterocycles. The van der Waals surface area contributed by atoms with E-state index >= 15 is 0 Å². The molecule has 1 fully saturated rings. The number of aryl methyl sites for hydroxylation is 2. The summed E-state index contributed by atoms with van der Waals surface area (Å²) in [5.74, 6) is -0.589. The van der Waals surface area contributed by atoms with Gasteiger partial charge in [-0.25, -0.2) is 8.42 Å². The molecule has 6 nitrogen and oxygen atoms in total. The Kier molecular flexibility index (Phi) is 6.67. The zero-order valence-electron chi connectivity index (χ0n) is 18.8. The van der Waals surface area contributed by atoms with Gasteiger partial charge >= 0.3 is 0 Å². The van der Waals surface area contributed by atoms with Crippen LogP contribution < -0.4 is 5.32 Å². The minimum absolute atomic E-state index is 0.115. The van der Waals surface area contributed by atoms with E-state index in [1.165, 1.54) is 11.2 Å². The molecular formula is C24H30N2O4S. The number of hydrogen-bond acceptors (Lipinski definition) is 4. The van der Waals surface area contributed by atoms with Crippen molar-refractivity contribution < 1.29 is 18.0 Å². The summed E-state index contributed by atoms with van der Waals surface area (Å²) in [6.07, 6.45) is 0.881. The fourth-order valence-electron chi connectivity index (χ4n) is 4.19. The summed E-state index contributed by atoms with van der Waals surface area (Å²) in [6, 6.07) is 8.93. The van der Waals surface area contributed by atoms with E-state index in [0.29, 0.717) is 42.1 Å². The second-order valence-electron chi connectivity index (χ2n) is 8.36. The third-order valence-electron chi connectivity index (χ3n) is 6.28. The molecule has 2 aromatic rings. The molecule has 1 aliphatic rings. The summed E-state index contributed by atoms with van der Waals surface area (Å²) in [5, 5.41) is 2.85. The van der Waals surface area contributed by atoms with E-state index in [1.807, 2.05) is 33.8 Å². The van der Waals surface area contributed by atoms with Crippen LogP contribution >= 0.6 is 0 Å². The number of benzene rings is 2. The monoisotopic (exact) mass is 442 g/mol. The van der Waals surface area contributed by atoms with Crippen LogP contribution in [-0.4, -0.2) is 37.5 Å². The topological polar surface area (TPSA) is 83.6 Å². The highest BCUT2D eigenvalue weighted by Crippen LogP contribution is 2.31. The summed E-state index contributed by atoms with van der Waals surface area (Å²) in [7, 11) is -3.64. The Morgan fingerprint density at radius 1 is 0.968 bits per heavy atom. The minimum Gasteiger partial charge on any atom is -0.325 e. The second-order valence-corrected chi connectivity index (χ2v) is 10.2. The van der Waals surface area contributed by atoms with E-state index in [1.54, 1.807) is 24.3 Å². The van der Waals surface area contributed by atoms with Crippen molar-refractivity contribution in [1.29, 1.82) is 0 Å². The van der Waals surface area contributed by atoms with E-state index in [0.717, 1.165) is 22.3 Å². The quantitative estimate of drug-likeness (QED) is 0.705. The van der Waals surface area contributed by atoms with Crippen molar-refractivity contribution in [3.63, 3.8) is 0 Å². The number of para-hydroxylation sites is 1. The number of ketones is 1. The van der Waals surface area contributed by atoms with Gasteiger partial charge in [0.2, 0.25) is 15.9 Å². The van der Waals surface area contributed by atoms with Gasteiger partial charge in [0.05, 0.1) is 10.6 Å². The SMILES string of the molecule is CC(=O)c1ccccc1NC(=O)C1CCN(S(=O)(=O)c2c(C)c(C)cc(C)c2C)CC1. The minimum atomic E-state index is -3.64. The lowest BCUT2D eigenvalue weighted by Gasteiger charge is -2.32. The van der Waals surface area contributed by atoms with Crippen molar-refractivity contribution in [2.24, 2.45) is 5.92 Å². The highest BCUT2D eigenvalue weighted by atomic mass is 32.2. The Labute approximate surface area is 184 Å². The lowest BCUT2D eigenvalue weighted by atomic mass is 9.97. The smallest absolute Gasteiger partial charge is 0.243 e. The summed E-state index contributed by atoms with van der Waals surface area (Å²) in [4.78, 5) is 25.0. The molecule has 3 rings (SSSR count). The van der Waals surface area contributed by atoms with Gasteiger partial charge < -0.3 is 5.32 Å². The number of anilines is 1. The third-order valence-corrected chi connectivity index (χ3v) is 8.46. The molecule has 31 heavy (non-hydrogen) atoms. The fourth-order valence-corrected chi connectivity index (χ4v) is 6.23. The first-order valence-electron chi connectivity index (χ1n) is 10.5.